The first kappa shape index (κ1) is 10.8. The Kier molecular flexibility index (Phi) is 3.20. The zero-order valence-electron chi connectivity index (χ0n) is 6.99. The van der Waals surface area contributed by atoms with Gasteiger partial charge in [0, 0.05) is 19.1 Å². The Morgan fingerprint density at radius 3 is 2.15 bits per heavy atom. The fraction of sp³-hybridized carbons (Fsp3) is 1.00. The summed E-state index contributed by atoms with van der Waals surface area (Å²) >= 11 is 0. The summed E-state index contributed by atoms with van der Waals surface area (Å²) in [7, 11) is -4.38. The third-order valence-corrected chi connectivity index (χ3v) is 3.62. The van der Waals surface area contributed by atoms with Gasteiger partial charge in [-0.15, -0.1) is 0 Å². The lowest BCUT2D eigenvalue weighted by molar-refractivity contribution is 0.211. The average molecular weight is 214 g/mol. The molecule has 78 valence electrons. The van der Waals surface area contributed by atoms with Gasteiger partial charge >= 0.3 is 5.76 Å². The second-order valence-corrected chi connectivity index (χ2v) is 4.94. The van der Waals surface area contributed by atoms with E-state index in [0.29, 0.717) is 12.8 Å². The standard InChI is InChI=1S/C6H12F2N2O2S/c7-6(8)13(11,12)10-3-1-5(9)2-4-10/h5-6H,1-4,9H2. The summed E-state index contributed by atoms with van der Waals surface area (Å²) in [5.74, 6) is -3.32. The molecule has 2 N–H and O–H groups in total. The highest BCUT2D eigenvalue weighted by atomic mass is 32.2. The Balaban J connectivity index is 2.64. The van der Waals surface area contributed by atoms with Crippen molar-refractivity contribution in [2.24, 2.45) is 5.73 Å². The van der Waals surface area contributed by atoms with Gasteiger partial charge < -0.3 is 5.73 Å². The van der Waals surface area contributed by atoms with Gasteiger partial charge in [0.05, 0.1) is 0 Å². The van der Waals surface area contributed by atoms with Crippen LogP contribution in [0.15, 0.2) is 0 Å². The first-order valence-corrected chi connectivity index (χ1v) is 5.47. The molecule has 0 spiro atoms. The number of hydrogen-bond donors (Lipinski definition) is 1. The molecule has 1 aliphatic rings. The smallest absolute Gasteiger partial charge is 0.328 e. The minimum absolute atomic E-state index is 0.0656. The van der Waals surface area contributed by atoms with Crippen LogP contribution in [-0.4, -0.2) is 37.6 Å². The molecule has 0 aromatic rings. The fourth-order valence-electron chi connectivity index (χ4n) is 1.24. The maximum atomic E-state index is 12.0. The van der Waals surface area contributed by atoms with Gasteiger partial charge in [0.15, 0.2) is 0 Å². The SMILES string of the molecule is NC1CCN(S(=O)(=O)C(F)F)CC1. The van der Waals surface area contributed by atoms with Crippen molar-refractivity contribution in [2.75, 3.05) is 13.1 Å². The quantitative estimate of drug-likeness (QED) is 0.701. The number of rotatable bonds is 2. The van der Waals surface area contributed by atoms with E-state index in [1.165, 1.54) is 0 Å². The molecule has 1 saturated heterocycles. The van der Waals surface area contributed by atoms with Gasteiger partial charge in [0.2, 0.25) is 0 Å². The Labute approximate surface area is 75.7 Å². The van der Waals surface area contributed by atoms with Crippen molar-refractivity contribution < 1.29 is 17.2 Å². The molecule has 1 heterocycles. The highest BCUT2D eigenvalue weighted by Crippen LogP contribution is 2.17. The molecule has 0 bridgehead atoms. The molecule has 0 aromatic heterocycles. The van der Waals surface area contributed by atoms with Gasteiger partial charge in [-0.3, -0.25) is 0 Å². The maximum absolute atomic E-state index is 12.0. The predicted molar refractivity (Wildman–Crippen MR) is 43.7 cm³/mol. The summed E-state index contributed by atoms with van der Waals surface area (Å²) in [6.07, 6.45) is 0.901. The van der Waals surface area contributed by atoms with Crippen LogP contribution in [0.2, 0.25) is 0 Å². The summed E-state index contributed by atoms with van der Waals surface area (Å²) in [6.45, 7) is 0.210. The van der Waals surface area contributed by atoms with Gasteiger partial charge in [-0.05, 0) is 12.8 Å². The molecular formula is C6H12F2N2O2S. The third-order valence-electron chi connectivity index (χ3n) is 2.08. The Bertz CT molecular complexity index is 260. The van der Waals surface area contributed by atoms with Gasteiger partial charge in [-0.25, -0.2) is 8.42 Å². The lowest BCUT2D eigenvalue weighted by Gasteiger charge is -2.28. The molecule has 0 atom stereocenters. The zero-order chi connectivity index (χ0) is 10.1. The predicted octanol–water partition coefficient (Wildman–Crippen LogP) is -0.0381. The van der Waals surface area contributed by atoms with Crippen LogP contribution in [0.5, 0.6) is 0 Å². The van der Waals surface area contributed by atoms with Crippen LogP contribution in [0.3, 0.4) is 0 Å². The first-order chi connectivity index (χ1) is 5.94. The molecule has 0 amide bonds. The zero-order valence-corrected chi connectivity index (χ0v) is 7.80. The van der Waals surface area contributed by atoms with Crippen molar-refractivity contribution in [1.29, 1.82) is 0 Å². The largest absolute Gasteiger partial charge is 0.350 e. The van der Waals surface area contributed by atoms with Crippen molar-refractivity contribution in [1.82, 2.24) is 4.31 Å². The van der Waals surface area contributed by atoms with Crippen LogP contribution in [0.1, 0.15) is 12.8 Å². The minimum Gasteiger partial charge on any atom is -0.328 e. The molecule has 13 heavy (non-hydrogen) atoms. The van der Waals surface area contributed by atoms with Crippen molar-refractivity contribution in [3.63, 3.8) is 0 Å². The van der Waals surface area contributed by atoms with Crippen molar-refractivity contribution in [2.45, 2.75) is 24.6 Å². The van der Waals surface area contributed by atoms with Crippen LogP contribution in [0.25, 0.3) is 0 Å². The Morgan fingerprint density at radius 2 is 1.77 bits per heavy atom. The summed E-state index contributed by atoms with van der Waals surface area (Å²) in [5.41, 5.74) is 5.51. The number of nitrogens with zero attached hydrogens (tertiary/aromatic N) is 1. The van der Waals surface area contributed by atoms with E-state index in [4.69, 9.17) is 5.73 Å². The van der Waals surface area contributed by atoms with Crippen molar-refractivity contribution in [3.05, 3.63) is 0 Å². The number of piperidine rings is 1. The molecule has 1 rings (SSSR count). The maximum Gasteiger partial charge on any atom is 0.350 e. The van der Waals surface area contributed by atoms with Crippen LogP contribution in [-0.2, 0) is 10.0 Å². The normalized spacial score (nSPS) is 22.5. The summed E-state index contributed by atoms with van der Waals surface area (Å²) in [6, 6.07) is -0.0656. The van der Waals surface area contributed by atoms with Gasteiger partial charge in [-0.2, -0.15) is 13.1 Å². The van der Waals surface area contributed by atoms with Crippen LogP contribution < -0.4 is 5.73 Å². The van der Waals surface area contributed by atoms with Gasteiger partial charge in [0.1, 0.15) is 0 Å². The molecule has 0 unspecified atom stereocenters. The van der Waals surface area contributed by atoms with E-state index < -0.39 is 15.8 Å². The number of halogens is 2. The topological polar surface area (TPSA) is 63.4 Å². The number of alkyl halides is 2. The summed E-state index contributed by atoms with van der Waals surface area (Å²) < 4.78 is 46.7. The van der Waals surface area contributed by atoms with Crippen LogP contribution in [0, 0.1) is 0 Å². The lowest BCUT2D eigenvalue weighted by atomic mass is 10.1. The molecule has 0 radical (unpaired) electrons. The molecular weight excluding hydrogens is 202 g/mol. The summed E-state index contributed by atoms with van der Waals surface area (Å²) in [5, 5.41) is 0. The second-order valence-electron chi connectivity index (χ2n) is 3.04. The molecule has 0 aliphatic carbocycles. The highest BCUT2D eigenvalue weighted by Gasteiger charge is 2.33. The molecule has 7 heteroatoms. The Morgan fingerprint density at radius 1 is 1.31 bits per heavy atom. The minimum atomic E-state index is -4.38. The first-order valence-electron chi connectivity index (χ1n) is 3.97. The van der Waals surface area contributed by atoms with Crippen molar-refractivity contribution >= 4 is 10.0 Å². The van der Waals surface area contributed by atoms with Crippen LogP contribution >= 0.6 is 0 Å². The van der Waals surface area contributed by atoms with Gasteiger partial charge in [0.25, 0.3) is 10.0 Å². The average Bonchev–Trinajstić information content (AvgIpc) is 2.04. The van der Waals surface area contributed by atoms with E-state index in [2.05, 4.69) is 0 Å². The monoisotopic (exact) mass is 214 g/mol. The van der Waals surface area contributed by atoms with Gasteiger partial charge in [-0.1, -0.05) is 0 Å². The summed E-state index contributed by atoms with van der Waals surface area (Å²) in [4.78, 5) is 0. The third kappa shape index (κ3) is 2.35. The number of nitrogens with two attached hydrogens (primary N) is 1. The van der Waals surface area contributed by atoms with Crippen LogP contribution in [0.4, 0.5) is 8.78 Å². The number of sulfonamides is 1. The molecule has 0 saturated carbocycles. The van der Waals surface area contributed by atoms with E-state index in [-0.39, 0.29) is 19.1 Å². The molecule has 0 aromatic carbocycles. The second kappa shape index (κ2) is 3.85. The van der Waals surface area contributed by atoms with E-state index in [0.717, 1.165) is 4.31 Å². The lowest BCUT2D eigenvalue weighted by Crippen LogP contribution is -2.44. The van der Waals surface area contributed by atoms with E-state index in [1.54, 1.807) is 0 Å². The van der Waals surface area contributed by atoms with E-state index >= 15 is 0 Å². The Hall–Kier alpha value is -0.270. The van der Waals surface area contributed by atoms with Crippen molar-refractivity contribution in [3.8, 4) is 0 Å². The van der Waals surface area contributed by atoms with E-state index in [1.807, 2.05) is 0 Å². The molecule has 1 fully saturated rings. The highest BCUT2D eigenvalue weighted by molar-refractivity contribution is 7.89. The molecule has 4 nitrogen and oxygen atoms in total. The number of hydrogen-bond acceptors (Lipinski definition) is 3. The molecule has 1 aliphatic heterocycles. The van der Waals surface area contributed by atoms with E-state index in [9.17, 15) is 17.2 Å². The fourth-order valence-corrected chi connectivity index (χ4v) is 2.19.